The van der Waals surface area contributed by atoms with Crippen LogP contribution in [0.2, 0.25) is 5.02 Å². The Balaban J connectivity index is 2.16. The molecule has 0 aromatic heterocycles. The first-order valence-electron chi connectivity index (χ1n) is 5.91. The van der Waals surface area contributed by atoms with Crippen LogP contribution in [-0.2, 0) is 0 Å². The molecule has 1 aromatic carbocycles. The lowest BCUT2D eigenvalue weighted by Crippen LogP contribution is -2.21. The zero-order valence-electron chi connectivity index (χ0n) is 10.2. The van der Waals surface area contributed by atoms with E-state index in [4.69, 9.17) is 16.7 Å². The SMILES string of the molecule is CC(NCCSCCCO)c1ccc(Cl)cc1. The monoisotopic (exact) mass is 273 g/mol. The standard InChI is InChI=1S/C13H20ClNOS/c1-11(12-3-5-13(14)6-4-12)15-7-10-17-9-2-8-16/h3-6,11,15-16H,2,7-10H2,1H3. The Bertz CT molecular complexity index is 305. The fourth-order valence-corrected chi connectivity index (χ4v) is 2.41. The van der Waals surface area contributed by atoms with Crippen molar-refractivity contribution in [2.75, 3.05) is 24.7 Å². The van der Waals surface area contributed by atoms with Crippen molar-refractivity contribution in [2.24, 2.45) is 0 Å². The van der Waals surface area contributed by atoms with Crippen molar-refractivity contribution in [3.05, 3.63) is 34.9 Å². The molecular weight excluding hydrogens is 254 g/mol. The van der Waals surface area contributed by atoms with Crippen LogP contribution in [0.15, 0.2) is 24.3 Å². The van der Waals surface area contributed by atoms with E-state index in [1.54, 1.807) is 0 Å². The van der Waals surface area contributed by atoms with Gasteiger partial charge in [-0.1, -0.05) is 23.7 Å². The van der Waals surface area contributed by atoms with Crippen LogP contribution < -0.4 is 5.32 Å². The molecule has 0 aliphatic carbocycles. The van der Waals surface area contributed by atoms with Gasteiger partial charge in [0, 0.05) is 30.0 Å². The summed E-state index contributed by atoms with van der Waals surface area (Å²) >= 11 is 7.72. The maximum atomic E-state index is 8.64. The van der Waals surface area contributed by atoms with E-state index in [9.17, 15) is 0 Å². The summed E-state index contributed by atoms with van der Waals surface area (Å²) in [6.07, 6.45) is 0.886. The Morgan fingerprint density at radius 2 is 2.00 bits per heavy atom. The molecule has 0 saturated heterocycles. The van der Waals surface area contributed by atoms with E-state index in [2.05, 4.69) is 24.4 Å². The van der Waals surface area contributed by atoms with E-state index < -0.39 is 0 Å². The molecule has 0 amide bonds. The van der Waals surface area contributed by atoms with Crippen LogP contribution in [0.3, 0.4) is 0 Å². The molecule has 0 fully saturated rings. The van der Waals surface area contributed by atoms with E-state index in [-0.39, 0.29) is 0 Å². The molecule has 0 radical (unpaired) electrons. The van der Waals surface area contributed by atoms with Crippen molar-refractivity contribution in [1.82, 2.24) is 5.32 Å². The van der Waals surface area contributed by atoms with Gasteiger partial charge in [-0.15, -0.1) is 0 Å². The van der Waals surface area contributed by atoms with Crippen molar-refractivity contribution < 1.29 is 5.11 Å². The lowest BCUT2D eigenvalue weighted by Gasteiger charge is -2.14. The highest BCUT2D eigenvalue weighted by atomic mass is 35.5. The third-order valence-corrected chi connectivity index (χ3v) is 3.84. The summed E-state index contributed by atoms with van der Waals surface area (Å²) in [5.74, 6) is 2.12. The van der Waals surface area contributed by atoms with Crippen LogP contribution >= 0.6 is 23.4 Å². The van der Waals surface area contributed by atoms with Crippen LogP contribution in [0, 0.1) is 0 Å². The Labute approximate surface area is 113 Å². The number of aliphatic hydroxyl groups excluding tert-OH is 1. The number of hydrogen-bond acceptors (Lipinski definition) is 3. The van der Waals surface area contributed by atoms with Gasteiger partial charge in [0.05, 0.1) is 0 Å². The topological polar surface area (TPSA) is 32.3 Å². The van der Waals surface area contributed by atoms with E-state index in [1.807, 2.05) is 23.9 Å². The van der Waals surface area contributed by atoms with Crippen LogP contribution in [0.25, 0.3) is 0 Å². The average Bonchev–Trinajstić information content (AvgIpc) is 2.34. The Hall–Kier alpha value is -0.220. The molecule has 1 atom stereocenters. The molecule has 0 spiro atoms. The fraction of sp³-hybridized carbons (Fsp3) is 0.538. The third kappa shape index (κ3) is 6.32. The summed E-state index contributed by atoms with van der Waals surface area (Å²) in [7, 11) is 0. The molecular formula is C13H20ClNOS. The number of nitrogens with one attached hydrogen (secondary N) is 1. The largest absolute Gasteiger partial charge is 0.396 e. The van der Waals surface area contributed by atoms with E-state index >= 15 is 0 Å². The van der Waals surface area contributed by atoms with Crippen LogP contribution in [0.5, 0.6) is 0 Å². The molecule has 96 valence electrons. The molecule has 2 nitrogen and oxygen atoms in total. The van der Waals surface area contributed by atoms with Crippen LogP contribution in [0.4, 0.5) is 0 Å². The molecule has 4 heteroatoms. The molecule has 2 N–H and O–H groups in total. The van der Waals surface area contributed by atoms with Crippen LogP contribution in [-0.4, -0.2) is 29.8 Å². The van der Waals surface area contributed by atoms with E-state index in [0.29, 0.717) is 12.6 Å². The first-order valence-corrected chi connectivity index (χ1v) is 7.44. The lowest BCUT2D eigenvalue weighted by atomic mass is 10.1. The number of thioether (sulfide) groups is 1. The van der Waals surface area contributed by atoms with Gasteiger partial charge >= 0.3 is 0 Å². The number of rotatable bonds is 8. The van der Waals surface area contributed by atoms with Gasteiger partial charge in [0.1, 0.15) is 0 Å². The zero-order valence-corrected chi connectivity index (χ0v) is 11.7. The molecule has 1 unspecified atom stereocenters. The smallest absolute Gasteiger partial charge is 0.0438 e. The molecule has 0 heterocycles. The summed E-state index contributed by atoms with van der Waals surface area (Å²) in [6.45, 7) is 3.43. The third-order valence-electron chi connectivity index (χ3n) is 2.51. The van der Waals surface area contributed by atoms with Crippen molar-refractivity contribution >= 4 is 23.4 Å². The van der Waals surface area contributed by atoms with Gasteiger partial charge in [-0.05, 0) is 36.8 Å². The molecule has 0 bridgehead atoms. The Kier molecular flexibility index (Phi) is 7.69. The molecule has 0 aliphatic heterocycles. The highest BCUT2D eigenvalue weighted by molar-refractivity contribution is 7.99. The van der Waals surface area contributed by atoms with Crippen molar-refractivity contribution in [1.29, 1.82) is 0 Å². The van der Waals surface area contributed by atoms with Gasteiger partial charge in [0.15, 0.2) is 0 Å². The first kappa shape index (κ1) is 14.8. The summed E-state index contributed by atoms with van der Waals surface area (Å²) < 4.78 is 0. The quantitative estimate of drug-likeness (QED) is 0.714. The molecule has 0 aliphatic rings. The summed E-state index contributed by atoms with van der Waals surface area (Å²) in [5, 5.41) is 12.9. The van der Waals surface area contributed by atoms with Crippen molar-refractivity contribution in [3.63, 3.8) is 0 Å². The van der Waals surface area contributed by atoms with E-state index in [0.717, 1.165) is 29.5 Å². The van der Waals surface area contributed by atoms with Crippen molar-refractivity contribution in [2.45, 2.75) is 19.4 Å². The highest BCUT2D eigenvalue weighted by Gasteiger charge is 2.03. The molecule has 1 rings (SSSR count). The zero-order chi connectivity index (χ0) is 12.5. The highest BCUT2D eigenvalue weighted by Crippen LogP contribution is 2.15. The summed E-state index contributed by atoms with van der Waals surface area (Å²) in [5.41, 5.74) is 1.26. The number of halogens is 1. The van der Waals surface area contributed by atoms with Gasteiger partial charge in [0.25, 0.3) is 0 Å². The minimum atomic E-state index is 0.293. The maximum Gasteiger partial charge on any atom is 0.0438 e. The second-order valence-corrected chi connectivity index (χ2v) is 5.58. The Morgan fingerprint density at radius 3 is 2.65 bits per heavy atom. The second kappa shape index (κ2) is 8.81. The average molecular weight is 274 g/mol. The predicted molar refractivity (Wildman–Crippen MR) is 76.9 cm³/mol. The number of hydrogen-bond donors (Lipinski definition) is 2. The van der Waals surface area contributed by atoms with Gasteiger partial charge in [-0.2, -0.15) is 11.8 Å². The molecule has 1 aromatic rings. The van der Waals surface area contributed by atoms with Gasteiger partial charge in [-0.25, -0.2) is 0 Å². The number of aliphatic hydroxyl groups is 1. The maximum absolute atomic E-state index is 8.64. The minimum absolute atomic E-state index is 0.293. The lowest BCUT2D eigenvalue weighted by molar-refractivity contribution is 0.296. The normalized spacial score (nSPS) is 12.6. The molecule has 17 heavy (non-hydrogen) atoms. The number of benzene rings is 1. The molecule has 0 saturated carbocycles. The van der Waals surface area contributed by atoms with Gasteiger partial charge in [0.2, 0.25) is 0 Å². The van der Waals surface area contributed by atoms with Crippen LogP contribution in [0.1, 0.15) is 24.9 Å². The first-order chi connectivity index (χ1) is 8.24. The predicted octanol–water partition coefficient (Wildman–Crippen LogP) is 3.11. The minimum Gasteiger partial charge on any atom is -0.396 e. The Morgan fingerprint density at radius 1 is 1.29 bits per heavy atom. The summed E-state index contributed by atoms with van der Waals surface area (Å²) in [4.78, 5) is 0. The van der Waals surface area contributed by atoms with E-state index in [1.165, 1.54) is 5.56 Å². The van der Waals surface area contributed by atoms with Crippen molar-refractivity contribution in [3.8, 4) is 0 Å². The van der Waals surface area contributed by atoms with Gasteiger partial charge in [-0.3, -0.25) is 0 Å². The fourth-order valence-electron chi connectivity index (χ4n) is 1.49. The second-order valence-electron chi connectivity index (χ2n) is 3.92. The van der Waals surface area contributed by atoms with Gasteiger partial charge < -0.3 is 10.4 Å². The summed E-state index contributed by atoms with van der Waals surface area (Å²) in [6, 6.07) is 8.30.